The molecule has 2 N–H and O–H groups in total. The van der Waals surface area contributed by atoms with Crippen LogP contribution >= 0.6 is 23.2 Å². The SMILES string of the molecule is Cc1ccc(C)c(NS(=O)(=O)c2ccc(NC(=O)c3ccc(Cl)cc3Cl)c(F)c2)c1. The third kappa shape index (κ3) is 4.92. The summed E-state index contributed by atoms with van der Waals surface area (Å²) in [5.74, 6) is -1.56. The lowest BCUT2D eigenvalue weighted by Crippen LogP contribution is -2.16. The van der Waals surface area contributed by atoms with Gasteiger partial charge in [0.15, 0.2) is 0 Å². The van der Waals surface area contributed by atoms with Crippen molar-refractivity contribution in [2.45, 2.75) is 18.7 Å². The Morgan fingerprint density at radius 3 is 2.33 bits per heavy atom. The van der Waals surface area contributed by atoms with Gasteiger partial charge in [0.1, 0.15) is 5.82 Å². The van der Waals surface area contributed by atoms with Crippen LogP contribution in [0.2, 0.25) is 10.0 Å². The highest BCUT2D eigenvalue weighted by Gasteiger charge is 2.19. The Labute approximate surface area is 183 Å². The molecule has 0 spiro atoms. The van der Waals surface area contributed by atoms with E-state index >= 15 is 0 Å². The second kappa shape index (κ2) is 8.63. The molecular weight excluding hydrogens is 450 g/mol. The van der Waals surface area contributed by atoms with Crippen molar-refractivity contribution in [3.8, 4) is 0 Å². The summed E-state index contributed by atoms with van der Waals surface area (Å²) in [5, 5.41) is 2.84. The Morgan fingerprint density at radius 1 is 0.933 bits per heavy atom. The van der Waals surface area contributed by atoms with Crippen LogP contribution in [0.4, 0.5) is 15.8 Å². The topological polar surface area (TPSA) is 75.3 Å². The van der Waals surface area contributed by atoms with Crippen molar-refractivity contribution < 1.29 is 17.6 Å². The standard InChI is InChI=1S/C21H17Cl2FN2O3S/c1-12-3-4-13(2)20(9-12)26-30(28,29)15-6-8-19(18(24)11-15)25-21(27)16-7-5-14(22)10-17(16)23/h3-11,26H,1-2H3,(H,25,27). The molecule has 1 amide bonds. The predicted molar refractivity (Wildman–Crippen MR) is 118 cm³/mol. The Balaban J connectivity index is 1.83. The van der Waals surface area contributed by atoms with Crippen LogP contribution in [0, 0.1) is 19.7 Å². The lowest BCUT2D eigenvalue weighted by Gasteiger charge is -2.13. The number of rotatable bonds is 5. The second-order valence-corrected chi connectivity index (χ2v) is 9.17. The molecular formula is C21H17Cl2FN2O3S. The van der Waals surface area contributed by atoms with Gasteiger partial charge in [-0.1, -0.05) is 35.3 Å². The quantitative estimate of drug-likeness (QED) is 0.498. The van der Waals surface area contributed by atoms with E-state index in [4.69, 9.17) is 23.2 Å². The zero-order valence-electron chi connectivity index (χ0n) is 16.0. The van der Waals surface area contributed by atoms with E-state index in [-0.39, 0.29) is 21.2 Å². The molecule has 3 rings (SSSR count). The summed E-state index contributed by atoms with van der Waals surface area (Å²) in [6.07, 6.45) is 0. The van der Waals surface area contributed by atoms with Crippen LogP contribution in [-0.2, 0) is 10.0 Å². The van der Waals surface area contributed by atoms with Gasteiger partial charge in [0.2, 0.25) is 0 Å². The highest BCUT2D eigenvalue weighted by Crippen LogP contribution is 2.26. The number of amides is 1. The average Bonchev–Trinajstić information content (AvgIpc) is 2.66. The van der Waals surface area contributed by atoms with Crippen LogP contribution in [0.15, 0.2) is 59.5 Å². The Kier molecular flexibility index (Phi) is 6.36. The van der Waals surface area contributed by atoms with Gasteiger partial charge in [-0.05, 0) is 67.4 Å². The van der Waals surface area contributed by atoms with Crippen molar-refractivity contribution in [3.63, 3.8) is 0 Å². The minimum atomic E-state index is -4.02. The smallest absolute Gasteiger partial charge is 0.262 e. The van der Waals surface area contributed by atoms with E-state index in [0.29, 0.717) is 10.7 Å². The first kappa shape index (κ1) is 22.1. The number of aryl methyl sites for hydroxylation is 2. The fourth-order valence-corrected chi connectivity index (χ4v) is 4.30. The fraction of sp³-hybridized carbons (Fsp3) is 0.0952. The molecule has 0 unspecified atom stereocenters. The van der Waals surface area contributed by atoms with Gasteiger partial charge in [0.25, 0.3) is 15.9 Å². The number of hydrogen-bond donors (Lipinski definition) is 2. The maximum atomic E-state index is 14.5. The first-order valence-electron chi connectivity index (χ1n) is 8.73. The molecule has 0 saturated carbocycles. The van der Waals surface area contributed by atoms with Gasteiger partial charge in [-0.3, -0.25) is 9.52 Å². The van der Waals surface area contributed by atoms with Crippen LogP contribution in [0.1, 0.15) is 21.5 Å². The molecule has 3 aromatic rings. The molecule has 0 bridgehead atoms. The summed E-state index contributed by atoms with van der Waals surface area (Å²) in [6.45, 7) is 3.60. The number of hydrogen-bond acceptors (Lipinski definition) is 3. The minimum Gasteiger partial charge on any atom is -0.319 e. The summed E-state index contributed by atoms with van der Waals surface area (Å²) < 4.78 is 42.3. The number of carbonyl (C=O) groups is 1. The van der Waals surface area contributed by atoms with Gasteiger partial charge >= 0.3 is 0 Å². The summed E-state index contributed by atoms with van der Waals surface area (Å²) in [6, 6.07) is 12.8. The first-order chi connectivity index (χ1) is 14.1. The predicted octanol–water partition coefficient (Wildman–Crippen LogP) is 5.80. The van der Waals surface area contributed by atoms with Crippen molar-refractivity contribution in [1.29, 1.82) is 0 Å². The third-order valence-corrected chi connectivity index (χ3v) is 6.22. The van der Waals surface area contributed by atoms with Crippen molar-refractivity contribution in [1.82, 2.24) is 0 Å². The number of carbonyl (C=O) groups excluding carboxylic acids is 1. The van der Waals surface area contributed by atoms with E-state index < -0.39 is 21.7 Å². The maximum absolute atomic E-state index is 14.5. The first-order valence-corrected chi connectivity index (χ1v) is 11.0. The molecule has 5 nitrogen and oxygen atoms in total. The maximum Gasteiger partial charge on any atom is 0.262 e. The molecule has 0 aromatic heterocycles. The molecule has 3 aromatic carbocycles. The van der Waals surface area contributed by atoms with E-state index in [9.17, 15) is 17.6 Å². The Morgan fingerprint density at radius 2 is 1.67 bits per heavy atom. The summed E-state index contributed by atoms with van der Waals surface area (Å²) >= 11 is 11.8. The summed E-state index contributed by atoms with van der Waals surface area (Å²) in [7, 11) is -4.02. The molecule has 0 radical (unpaired) electrons. The lowest BCUT2D eigenvalue weighted by molar-refractivity contribution is 0.102. The van der Waals surface area contributed by atoms with Crippen molar-refractivity contribution in [2.75, 3.05) is 10.0 Å². The van der Waals surface area contributed by atoms with Crippen LogP contribution in [-0.4, -0.2) is 14.3 Å². The van der Waals surface area contributed by atoms with Crippen LogP contribution in [0.25, 0.3) is 0 Å². The highest BCUT2D eigenvalue weighted by molar-refractivity contribution is 7.92. The number of sulfonamides is 1. The van der Waals surface area contributed by atoms with Gasteiger partial charge in [-0.15, -0.1) is 0 Å². The number of benzene rings is 3. The molecule has 156 valence electrons. The van der Waals surface area contributed by atoms with E-state index in [1.54, 1.807) is 19.1 Å². The molecule has 0 fully saturated rings. The minimum absolute atomic E-state index is 0.105. The molecule has 9 heteroatoms. The molecule has 0 atom stereocenters. The van der Waals surface area contributed by atoms with Gasteiger partial charge in [0.05, 0.1) is 26.9 Å². The fourth-order valence-electron chi connectivity index (χ4n) is 2.68. The zero-order chi connectivity index (χ0) is 22.1. The monoisotopic (exact) mass is 466 g/mol. The molecule has 30 heavy (non-hydrogen) atoms. The normalized spacial score (nSPS) is 11.2. The van der Waals surface area contributed by atoms with E-state index in [2.05, 4.69) is 10.0 Å². The van der Waals surface area contributed by atoms with Crippen molar-refractivity contribution >= 4 is 50.5 Å². The third-order valence-electron chi connectivity index (χ3n) is 4.31. The number of halogens is 3. The number of anilines is 2. The lowest BCUT2D eigenvalue weighted by atomic mass is 10.1. The molecule has 0 heterocycles. The summed E-state index contributed by atoms with van der Waals surface area (Å²) in [5.41, 5.74) is 1.94. The van der Waals surface area contributed by atoms with E-state index in [0.717, 1.165) is 17.2 Å². The van der Waals surface area contributed by atoms with E-state index in [1.807, 2.05) is 13.0 Å². The van der Waals surface area contributed by atoms with Crippen LogP contribution < -0.4 is 10.0 Å². The molecule has 0 saturated heterocycles. The molecule has 0 aliphatic heterocycles. The highest BCUT2D eigenvalue weighted by atomic mass is 35.5. The molecule has 0 aliphatic carbocycles. The van der Waals surface area contributed by atoms with Gasteiger partial charge in [-0.2, -0.15) is 0 Å². The van der Waals surface area contributed by atoms with Gasteiger partial charge in [0, 0.05) is 5.02 Å². The average molecular weight is 467 g/mol. The second-order valence-electron chi connectivity index (χ2n) is 6.64. The number of nitrogens with one attached hydrogen (secondary N) is 2. The van der Waals surface area contributed by atoms with Crippen LogP contribution in [0.3, 0.4) is 0 Å². The van der Waals surface area contributed by atoms with Crippen molar-refractivity contribution in [3.05, 3.63) is 87.2 Å². The van der Waals surface area contributed by atoms with Gasteiger partial charge in [-0.25, -0.2) is 12.8 Å². The molecule has 0 aliphatic rings. The zero-order valence-corrected chi connectivity index (χ0v) is 18.3. The van der Waals surface area contributed by atoms with Crippen molar-refractivity contribution in [2.24, 2.45) is 0 Å². The Bertz CT molecular complexity index is 1250. The summed E-state index contributed by atoms with van der Waals surface area (Å²) in [4.78, 5) is 12.1. The van der Waals surface area contributed by atoms with Gasteiger partial charge < -0.3 is 5.32 Å². The largest absolute Gasteiger partial charge is 0.319 e. The van der Waals surface area contributed by atoms with Crippen LogP contribution in [0.5, 0.6) is 0 Å². The van der Waals surface area contributed by atoms with E-state index in [1.165, 1.54) is 30.3 Å². The Hall–Kier alpha value is -2.61.